The highest BCUT2D eigenvalue weighted by Gasteiger charge is 2.17. The summed E-state index contributed by atoms with van der Waals surface area (Å²) < 4.78 is 16.8. The molecule has 0 aromatic carbocycles. The van der Waals surface area contributed by atoms with Crippen molar-refractivity contribution in [1.29, 1.82) is 0 Å². The number of alkyl carbamates (subject to hydrolysis) is 1. The van der Waals surface area contributed by atoms with Crippen molar-refractivity contribution in [3.8, 4) is 0 Å². The quantitative estimate of drug-likeness (QED) is 0.0407. The molecular weight excluding hydrogens is 588 g/mol. The molecule has 0 aromatic heterocycles. The van der Waals surface area contributed by atoms with Gasteiger partial charge in [-0.25, -0.2) is 4.79 Å². The highest BCUT2D eigenvalue weighted by molar-refractivity contribution is 5.70. The molecule has 0 aliphatic rings. The average molecular weight is 667 g/mol. The van der Waals surface area contributed by atoms with Crippen molar-refractivity contribution in [1.82, 2.24) is 10.2 Å². The molecule has 0 spiro atoms. The van der Waals surface area contributed by atoms with Crippen LogP contribution in [0.5, 0.6) is 0 Å². The third kappa shape index (κ3) is 37.1. The van der Waals surface area contributed by atoms with Crippen molar-refractivity contribution in [3.05, 3.63) is 12.2 Å². The molecule has 7 heteroatoms. The van der Waals surface area contributed by atoms with Crippen LogP contribution >= 0.6 is 0 Å². The summed E-state index contributed by atoms with van der Waals surface area (Å²) in [5, 5.41) is 2.74. The Morgan fingerprint density at radius 2 is 1.09 bits per heavy atom. The van der Waals surface area contributed by atoms with Crippen molar-refractivity contribution in [2.75, 3.05) is 47.0 Å². The first-order valence-corrected chi connectivity index (χ1v) is 20.0. The molecule has 0 fully saturated rings. The van der Waals surface area contributed by atoms with E-state index in [4.69, 9.17) is 14.2 Å². The number of nitrogens with one attached hydrogen (secondary N) is 1. The van der Waals surface area contributed by atoms with Crippen LogP contribution in [0.4, 0.5) is 4.79 Å². The largest absolute Gasteiger partial charge is 0.458 e. The van der Waals surface area contributed by atoms with Gasteiger partial charge in [-0.1, -0.05) is 148 Å². The number of hydrogen-bond acceptors (Lipinski definition) is 6. The van der Waals surface area contributed by atoms with E-state index in [1.165, 1.54) is 122 Å². The molecule has 47 heavy (non-hydrogen) atoms. The van der Waals surface area contributed by atoms with E-state index in [0.717, 1.165) is 38.5 Å². The lowest BCUT2D eigenvalue weighted by Gasteiger charge is -2.19. The van der Waals surface area contributed by atoms with Gasteiger partial charge >= 0.3 is 12.1 Å². The van der Waals surface area contributed by atoms with Crippen LogP contribution in [-0.2, 0) is 19.0 Å². The maximum atomic E-state index is 12.6. The van der Waals surface area contributed by atoms with E-state index in [1.807, 2.05) is 19.0 Å². The van der Waals surface area contributed by atoms with Crippen LogP contribution in [-0.4, -0.2) is 70.1 Å². The molecule has 0 heterocycles. The molecule has 0 saturated heterocycles. The van der Waals surface area contributed by atoms with Crippen molar-refractivity contribution in [2.45, 2.75) is 187 Å². The zero-order valence-corrected chi connectivity index (χ0v) is 31.6. The Hall–Kier alpha value is -1.60. The average Bonchev–Trinajstić information content (AvgIpc) is 3.05. The molecule has 0 aromatic rings. The van der Waals surface area contributed by atoms with Gasteiger partial charge in [0.25, 0.3) is 0 Å². The number of carbonyl (C=O) groups is 2. The molecule has 0 radical (unpaired) electrons. The maximum Gasteiger partial charge on any atom is 0.407 e. The van der Waals surface area contributed by atoms with E-state index in [9.17, 15) is 9.59 Å². The number of nitrogens with zero attached hydrogens (tertiary/aromatic N) is 1. The second-order valence-electron chi connectivity index (χ2n) is 13.7. The summed E-state index contributed by atoms with van der Waals surface area (Å²) in [7, 11) is 3.86. The number of hydrogen-bond donors (Lipinski definition) is 1. The first kappa shape index (κ1) is 45.4. The second-order valence-corrected chi connectivity index (χ2v) is 13.7. The number of ether oxygens (including phenoxy) is 3. The molecule has 0 saturated carbocycles. The Morgan fingerprint density at radius 3 is 1.60 bits per heavy atom. The minimum atomic E-state index is -0.510. The molecule has 0 aliphatic heterocycles. The Kier molecular flexibility index (Phi) is 36.0. The molecule has 0 aliphatic carbocycles. The van der Waals surface area contributed by atoms with E-state index in [2.05, 4.69) is 31.3 Å². The summed E-state index contributed by atoms with van der Waals surface area (Å²) in [6.07, 6.45) is 35.7. The minimum Gasteiger partial charge on any atom is -0.458 e. The van der Waals surface area contributed by atoms with Gasteiger partial charge < -0.3 is 24.4 Å². The van der Waals surface area contributed by atoms with E-state index >= 15 is 0 Å². The normalized spacial score (nSPS) is 12.2. The van der Waals surface area contributed by atoms with Crippen molar-refractivity contribution >= 4 is 12.1 Å². The number of carbonyl (C=O) groups excluding carboxylic acids is 2. The number of amides is 1. The Labute approximate surface area is 291 Å². The standard InChI is InChI=1S/C40H78N2O5/c1-5-7-9-11-13-15-17-19-20-21-22-24-26-28-30-32-39(43)47-38(36-41-40(44)46-35-33-42(3)4)37-45-34-31-29-27-25-23-18-16-14-12-10-8-6-2/h19-20,38H,5-18,21-37H2,1-4H3,(H,41,44). The number of rotatable bonds is 36. The van der Waals surface area contributed by atoms with Crippen LogP contribution in [0.1, 0.15) is 181 Å². The van der Waals surface area contributed by atoms with Gasteiger partial charge in [0, 0.05) is 19.6 Å². The minimum absolute atomic E-state index is 0.192. The number of unbranched alkanes of at least 4 members (excludes halogenated alkanes) is 22. The molecule has 7 nitrogen and oxygen atoms in total. The van der Waals surface area contributed by atoms with Crippen LogP contribution in [0.3, 0.4) is 0 Å². The second kappa shape index (κ2) is 37.2. The van der Waals surface area contributed by atoms with Crippen molar-refractivity contribution < 1.29 is 23.8 Å². The number of esters is 1. The smallest absolute Gasteiger partial charge is 0.407 e. The predicted octanol–water partition coefficient (Wildman–Crippen LogP) is 10.9. The summed E-state index contributed by atoms with van der Waals surface area (Å²) in [6, 6.07) is 0. The number of allylic oxidation sites excluding steroid dienone is 2. The van der Waals surface area contributed by atoms with Gasteiger partial charge in [-0.05, 0) is 52.6 Å². The third-order valence-corrected chi connectivity index (χ3v) is 8.63. The van der Waals surface area contributed by atoms with Crippen molar-refractivity contribution in [2.24, 2.45) is 0 Å². The van der Waals surface area contributed by atoms with E-state index in [-0.39, 0.29) is 19.1 Å². The molecule has 1 unspecified atom stereocenters. The zero-order valence-electron chi connectivity index (χ0n) is 31.6. The van der Waals surface area contributed by atoms with Crippen LogP contribution < -0.4 is 5.32 Å². The summed E-state index contributed by atoms with van der Waals surface area (Å²) in [4.78, 5) is 26.7. The fourth-order valence-electron chi connectivity index (χ4n) is 5.55. The van der Waals surface area contributed by atoms with Gasteiger partial charge in [-0.2, -0.15) is 0 Å². The summed E-state index contributed by atoms with van der Waals surface area (Å²) in [6.45, 7) is 6.63. The lowest BCUT2D eigenvalue weighted by molar-refractivity contribution is -0.152. The Bertz CT molecular complexity index is 700. The molecule has 1 N–H and O–H groups in total. The van der Waals surface area contributed by atoms with Crippen LogP contribution in [0, 0.1) is 0 Å². The van der Waals surface area contributed by atoms with Gasteiger partial charge in [-0.3, -0.25) is 4.79 Å². The van der Waals surface area contributed by atoms with Gasteiger partial charge in [0.05, 0.1) is 13.2 Å². The van der Waals surface area contributed by atoms with Gasteiger partial charge in [-0.15, -0.1) is 0 Å². The van der Waals surface area contributed by atoms with Gasteiger partial charge in [0.15, 0.2) is 0 Å². The first-order valence-electron chi connectivity index (χ1n) is 20.0. The van der Waals surface area contributed by atoms with E-state index in [0.29, 0.717) is 26.2 Å². The van der Waals surface area contributed by atoms with Crippen molar-refractivity contribution in [3.63, 3.8) is 0 Å². The topological polar surface area (TPSA) is 77.1 Å². The lowest BCUT2D eigenvalue weighted by Crippen LogP contribution is -2.38. The van der Waals surface area contributed by atoms with Crippen LogP contribution in [0.25, 0.3) is 0 Å². The molecule has 278 valence electrons. The van der Waals surface area contributed by atoms with Crippen LogP contribution in [0.15, 0.2) is 12.2 Å². The van der Waals surface area contributed by atoms with E-state index in [1.54, 1.807) is 0 Å². The zero-order chi connectivity index (χ0) is 34.5. The highest BCUT2D eigenvalue weighted by Crippen LogP contribution is 2.13. The summed E-state index contributed by atoms with van der Waals surface area (Å²) in [5.74, 6) is -0.218. The molecular formula is C40H78N2O5. The van der Waals surface area contributed by atoms with Crippen LogP contribution in [0.2, 0.25) is 0 Å². The molecule has 1 amide bonds. The first-order chi connectivity index (χ1) is 23.0. The summed E-state index contributed by atoms with van der Waals surface area (Å²) >= 11 is 0. The molecule has 1 atom stereocenters. The SMILES string of the molecule is CCCCCCCCC=CCCCCCCCC(=O)OC(CNC(=O)OCCN(C)C)COCCCCCCCCCCCCCC. The highest BCUT2D eigenvalue weighted by atomic mass is 16.6. The number of likely N-dealkylation sites (N-methyl/N-ethyl adjacent to an activating group) is 1. The third-order valence-electron chi connectivity index (χ3n) is 8.63. The molecule has 0 bridgehead atoms. The monoisotopic (exact) mass is 667 g/mol. The predicted molar refractivity (Wildman–Crippen MR) is 199 cm³/mol. The maximum absolute atomic E-state index is 12.6. The lowest BCUT2D eigenvalue weighted by atomic mass is 10.1. The van der Waals surface area contributed by atoms with E-state index < -0.39 is 12.2 Å². The Balaban J connectivity index is 4.09. The summed E-state index contributed by atoms with van der Waals surface area (Å²) in [5.41, 5.74) is 0. The fraction of sp³-hybridized carbons (Fsp3) is 0.900. The fourth-order valence-corrected chi connectivity index (χ4v) is 5.55. The van der Waals surface area contributed by atoms with Gasteiger partial charge in [0.1, 0.15) is 12.7 Å². The van der Waals surface area contributed by atoms with Gasteiger partial charge in [0.2, 0.25) is 0 Å². The Morgan fingerprint density at radius 1 is 0.617 bits per heavy atom. The molecule has 0 rings (SSSR count).